The smallest absolute Gasteiger partial charge is 0.0628 e. The summed E-state index contributed by atoms with van der Waals surface area (Å²) >= 11 is 0. The van der Waals surface area contributed by atoms with E-state index < -0.39 is 0 Å². The fraction of sp³-hybridized carbons (Fsp3) is 0.500. The lowest BCUT2D eigenvalue weighted by Gasteiger charge is -2.17. The van der Waals surface area contributed by atoms with Crippen molar-refractivity contribution in [3.05, 3.63) is 52.3 Å². The highest BCUT2D eigenvalue weighted by molar-refractivity contribution is 5.27. The fourth-order valence-electron chi connectivity index (χ4n) is 2.83. The number of benzene rings is 1. The first-order valence-electron chi connectivity index (χ1n) is 7.79. The minimum atomic E-state index is 0.444. The average molecular weight is 285 g/mol. The zero-order valence-electron chi connectivity index (χ0n) is 13.9. The van der Waals surface area contributed by atoms with Crippen molar-refractivity contribution in [1.82, 2.24) is 15.1 Å². The third kappa shape index (κ3) is 3.73. The molecule has 1 aromatic carbocycles. The molecule has 0 radical (unpaired) electrons. The summed E-state index contributed by atoms with van der Waals surface area (Å²) in [6.07, 6.45) is 3.18. The molecule has 0 saturated carbocycles. The predicted molar refractivity (Wildman–Crippen MR) is 88.8 cm³/mol. The van der Waals surface area contributed by atoms with Crippen LogP contribution in [-0.4, -0.2) is 22.9 Å². The molecule has 1 N–H and O–H groups in total. The number of aromatic nitrogens is 2. The van der Waals surface area contributed by atoms with Crippen LogP contribution in [0.4, 0.5) is 0 Å². The maximum Gasteiger partial charge on any atom is 0.0628 e. The number of rotatable bonds is 6. The first kappa shape index (κ1) is 15.8. The second-order valence-electron chi connectivity index (χ2n) is 5.84. The number of nitrogens with one attached hydrogen (secondary N) is 1. The second kappa shape index (κ2) is 6.90. The molecule has 21 heavy (non-hydrogen) atoms. The molecule has 3 nitrogen and oxygen atoms in total. The van der Waals surface area contributed by atoms with Gasteiger partial charge in [0.25, 0.3) is 0 Å². The topological polar surface area (TPSA) is 29.9 Å². The first-order valence-corrected chi connectivity index (χ1v) is 7.79. The summed E-state index contributed by atoms with van der Waals surface area (Å²) < 4.78 is 1.98. The van der Waals surface area contributed by atoms with Crippen LogP contribution in [0, 0.1) is 13.8 Å². The van der Waals surface area contributed by atoms with Crippen LogP contribution >= 0.6 is 0 Å². The zero-order chi connectivity index (χ0) is 15.4. The largest absolute Gasteiger partial charge is 0.316 e. The van der Waals surface area contributed by atoms with Crippen molar-refractivity contribution >= 4 is 0 Å². The Kier molecular flexibility index (Phi) is 5.18. The molecular formula is C18H27N3. The maximum atomic E-state index is 4.52. The van der Waals surface area contributed by atoms with Crippen molar-refractivity contribution in [3.8, 4) is 0 Å². The Balaban J connectivity index is 2.09. The lowest BCUT2D eigenvalue weighted by Crippen LogP contribution is -2.30. The normalized spacial score (nSPS) is 12.6. The fourth-order valence-corrected chi connectivity index (χ4v) is 2.83. The third-order valence-electron chi connectivity index (χ3n) is 4.43. The van der Waals surface area contributed by atoms with Gasteiger partial charge in [-0.25, -0.2) is 0 Å². The lowest BCUT2D eigenvalue weighted by atomic mass is 9.97. The van der Waals surface area contributed by atoms with E-state index in [2.05, 4.69) is 55.5 Å². The molecule has 0 aliphatic heterocycles. The van der Waals surface area contributed by atoms with Crippen LogP contribution in [-0.2, 0) is 26.3 Å². The van der Waals surface area contributed by atoms with Gasteiger partial charge >= 0.3 is 0 Å². The molecule has 1 aromatic heterocycles. The Morgan fingerprint density at radius 1 is 1.10 bits per heavy atom. The minimum Gasteiger partial charge on any atom is -0.316 e. The van der Waals surface area contributed by atoms with Gasteiger partial charge in [-0.2, -0.15) is 5.10 Å². The molecule has 2 rings (SSSR count). The molecular weight excluding hydrogens is 258 g/mol. The maximum absolute atomic E-state index is 4.52. The van der Waals surface area contributed by atoms with Gasteiger partial charge in [0.05, 0.1) is 5.69 Å². The standard InChI is InChI=1S/C18H27N3/c1-6-15-7-9-16(10-8-15)11-17(19-4)12-18-13(2)20-21(5)14(18)3/h7-10,17,19H,6,11-12H2,1-5H3. The van der Waals surface area contributed by atoms with Crippen LogP contribution in [0.2, 0.25) is 0 Å². The molecule has 0 amide bonds. The van der Waals surface area contributed by atoms with Gasteiger partial charge in [-0.05, 0) is 56.8 Å². The van der Waals surface area contributed by atoms with Gasteiger partial charge in [-0.1, -0.05) is 31.2 Å². The molecule has 0 aliphatic carbocycles. The Hall–Kier alpha value is -1.61. The molecule has 1 atom stereocenters. The highest BCUT2D eigenvalue weighted by Gasteiger charge is 2.15. The van der Waals surface area contributed by atoms with Gasteiger partial charge in [0.15, 0.2) is 0 Å². The molecule has 0 saturated heterocycles. The van der Waals surface area contributed by atoms with Crippen LogP contribution in [0.1, 0.15) is 35.0 Å². The van der Waals surface area contributed by atoms with Gasteiger partial charge in [0.2, 0.25) is 0 Å². The molecule has 0 bridgehead atoms. The molecule has 0 fully saturated rings. The summed E-state index contributed by atoms with van der Waals surface area (Å²) in [7, 11) is 4.07. The third-order valence-corrected chi connectivity index (χ3v) is 4.43. The van der Waals surface area contributed by atoms with Crippen molar-refractivity contribution in [2.45, 2.75) is 46.1 Å². The van der Waals surface area contributed by atoms with Crippen molar-refractivity contribution in [3.63, 3.8) is 0 Å². The van der Waals surface area contributed by atoms with Gasteiger partial charge < -0.3 is 5.32 Å². The van der Waals surface area contributed by atoms with Crippen LogP contribution in [0.15, 0.2) is 24.3 Å². The van der Waals surface area contributed by atoms with E-state index >= 15 is 0 Å². The quantitative estimate of drug-likeness (QED) is 0.884. The van der Waals surface area contributed by atoms with Gasteiger partial charge in [0, 0.05) is 18.8 Å². The van der Waals surface area contributed by atoms with E-state index in [-0.39, 0.29) is 0 Å². The number of nitrogens with zero attached hydrogens (tertiary/aromatic N) is 2. The Morgan fingerprint density at radius 3 is 2.19 bits per heavy atom. The van der Waals surface area contributed by atoms with E-state index in [1.807, 2.05) is 18.8 Å². The summed E-state index contributed by atoms with van der Waals surface area (Å²) in [5.74, 6) is 0. The second-order valence-corrected chi connectivity index (χ2v) is 5.84. The van der Waals surface area contributed by atoms with Crippen molar-refractivity contribution in [2.24, 2.45) is 7.05 Å². The molecule has 3 heteroatoms. The molecule has 114 valence electrons. The SMILES string of the molecule is CCc1ccc(CC(Cc2c(C)nn(C)c2C)NC)cc1. The zero-order valence-corrected chi connectivity index (χ0v) is 13.9. The van der Waals surface area contributed by atoms with Crippen LogP contribution in [0.25, 0.3) is 0 Å². The molecule has 2 aromatic rings. The summed E-state index contributed by atoms with van der Waals surface area (Å²) in [6.45, 7) is 6.45. The van der Waals surface area contributed by atoms with Gasteiger partial charge in [-0.3, -0.25) is 4.68 Å². The minimum absolute atomic E-state index is 0.444. The average Bonchev–Trinajstić information content (AvgIpc) is 2.73. The van der Waals surface area contributed by atoms with E-state index in [4.69, 9.17) is 0 Å². The lowest BCUT2D eigenvalue weighted by molar-refractivity contribution is 0.553. The predicted octanol–water partition coefficient (Wildman–Crippen LogP) is 2.97. The van der Waals surface area contributed by atoms with Crippen molar-refractivity contribution in [2.75, 3.05) is 7.05 Å². The Bertz CT molecular complexity index is 581. The summed E-state index contributed by atoms with van der Waals surface area (Å²) in [5, 5.41) is 7.97. The van der Waals surface area contributed by atoms with E-state index in [0.717, 1.165) is 25.0 Å². The van der Waals surface area contributed by atoms with Gasteiger partial charge in [0.1, 0.15) is 0 Å². The van der Waals surface area contributed by atoms with Crippen molar-refractivity contribution in [1.29, 1.82) is 0 Å². The summed E-state index contributed by atoms with van der Waals surface area (Å²) in [5.41, 5.74) is 6.59. The van der Waals surface area contributed by atoms with Crippen LogP contribution < -0.4 is 5.32 Å². The molecule has 1 unspecified atom stereocenters. The van der Waals surface area contributed by atoms with E-state index in [9.17, 15) is 0 Å². The van der Waals surface area contributed by atoms with E-state index in [1.165, 1.54) is 22.4 Å². The van der Waals surface area contributed by atoms with E-state index in [1.54, 1.807) is 0 Å². The first-order chi connectivity index (χ1) is 10.0. The summed E-state index contributed by atoms with van der Waals surface area (Å²) in [6, 6.07) is 9.43. The van der Waals surface area contributed by atoms with Crippen molar-refractivity contribution < 1.29 is 0 Å². The van der Waals surface area contributed by atoms with Crippen LogP contribution in [0.5, 0.6) is 0 Å². The molecule has 0 aliphatic rings. The number of aryl methyl sites for hydroxylation is 3. The Morgan fingerprint density at radius 2 is 1.71 bits per heavy atom. The highest BCUT2D eigenvalue weighted by atomic mass is 15.3. The van der Waals surface area contributed by atoms with Crippen LogP contribution in [0.3, 0.4) is 0 Å². The highest BCUT2D eigenvalue weighted by Crippen LogP contribution is 2.16. The number of hydrogen-bond acceptors (Lipinski definition) is 2. The number of hydrogen-bond donors (Lipinski definition) is 1. The molecule has 1 heterocycles. The number of likely N-dealkylation sites (N-methyl/N-ethyl adjacent to an activating group) is 1. The monoisotopic (exact) mass is 285 g/mol. The van der Waals surface area contributed by atoms with Gasteiger partial charge in [-0.15, -0.1) is 0 Å². The molecule has 0 spiro atoms. The Labute approximate surface area is 128 Å². The van der Waals surface area contributed by atoms with E-state index in [0.29, 0.717) is 6.04 Å². The summed E-state index contributed by atoms with van der Waals surface area (Å²) in [4.78, 5) is 0.